The predicted molar refractivity (Wildman–Crippen MR) is 107 cm³/mol. The second-order valence-corrected chi connectivity index (χ2v) is 10.7. The molecule has 3 saturated carbocycles. The van der Waals surface area contributed by atoms with Crippen molar-refractivity contribution in [1.82, 2.24) is 0 Å². The van der Waals surface area contributed by atoms with E-state index in [1.54, 1.807) is 5.57 Å². The number of aliphatic carboxylic acids is 1. The molecule has 0 aromatic heterocycles. The summed E-state index contributed by atoms with van der Waals surface area (Å²) in [6.07, 6.45) is 13.0. The fourth-order valence-electron chi connectivity index (χ4n) is 8.24. The van der Waals surface area contributed by atoms with E-state index in [4.69, 9.17) is 5.11 Å². The molecule has 4 aliphatic carbocycles. The molecule has 0 aromatic rings. The van der Waals surface area contributed by atoms with Crippen molar-refractivity contribution in [1.29, 1.82) is 0 Å². The second-order valence-electron chi connectivity index (χ2n) is 10.7. The van der Waals surface area contributed by atoms with Crippen molar-refractivity contribution in [2.75, 3.05) is 0 Å². The van der Waals surface area contributed by atoms with Crippen LogP contribution in [0.25, 0.3) is 0 Å². The lowest BCUT2D eigenvalue weighted by molar-refractivity contribution is -0.137. The molecule has 8 atom stereocenters. The van der Waals surface area contributed by atoms with E-state index in [2.05, 4.69) is 26.8 Å². The molecule has 0 amide bonds. The lowest BCUT2D eigenvalue weighted by Crippen LogP contribution is -2.54. The Morgan fingerprint density at radius 2 is 2.00 bits per heavy atom. The average Bonchev–Trinajstić information content (AvgIpc) is 2.98. The van der Waals surface area contributed by atoms with E-state index in [9.17, 15) is 9.90 Å². The molecule has 152 valence electrons. The van der Waals surface area contributed by atoms with Gasteiger partial charge in [0.1, 0.15) is 0 Å². The molecule has 4 aliphatic rings. The van der Waals surface area contributed by atoms with E-state index >= 15 is 0 Å². The van der Waals surface area contributed by atoms with Gasteiger partial charge in [-0.1, -0.05) is 32.4 Å². The summed E-state index contributed by atoms with van der Waals surface area (Å²) in [7, 11) is 0. The summed E-state index contributed by atoms with van der Waals surface area (Å²) in [5, 5.41) is 20.1. The van der Waals surface area contributed by atoms with E-state index < -0.39 is 5.97 Å². The Kier molecular flexibility index (Phi) is 4.98. The normalized spacial score (nSPS) is 47.4. The van der Waals surface area contributed by atoms with E-state index in [1.807, 2.05) is 0 Å². The van der Waals surface area contributed by atoms with Crippen LogP contribution in [0, 0.1) is 40.4 Å². The third kappa shape index (κ3) is 2.91. The van der Waals surface area contributed by atoms with Crippen LogP contribution in [0.4, 0.5) is 0 Å². The molecule has 27 heavy (non-hydrogen) atoms. The van der Waals surface area contributed by atoms with Crippen LogP contribution in [0.15, 0.2) is 11.6 Å². The zero-order chi connectivity index (χ0) is 19.4. The molecule has 0 unspecified atom stereocenters. The maximum atomic E-state index is 11.0. The highest BCUT2D eigenvalue weighted by Crippen LogP contribution is 2.67. The maximum Gasteiger partial charge on any atom is 0.303 e. The van der Waals surface area contributed by atoms with E-state index in [1.165, 1.54) is 38.5 Å². The number of carboxylic acids is 1. The molecule has 0 aromatic carbocycles. The van der Waals surface area contributed by atoms with Crippen molar-refractivity contribution in [3.63, 3.8) is 0 Å². The smallest absolute Gasteiger partial charge is 0.303 e. The van der Waals surface area contributed by atoms with Crippen molar-refractivity contribution in [2.45, 2.75) is 91.1 Å². The lowest BCUT2D eigenvalue weighted by atomic mass is 9.46. The summed E-state index contributed by atoms with van der Waals surface area (Å²) in [5.41, 5.74) is 1.92. The van der Waals surface area contributed by atoms with Gasteiger partial charge in [-0.3, -0.25) is 4.79 Å². The minimum Gasteiger partial charge on any atom is -0.481 e. The van der Waals surface area contributed by atoms with Gasteiger partial charge < -0.3 is 10.2 Å². The van der Waals surface area contributed by atoms with Crippen LogP contribution < -0.4 is 0 Å². The number of carboxylic acid groups (broad SMARTS) is 1. The fraction of sp³-hybridized carbons (Fsp3) is 0.875. The Morgan fingerprint density at radius 1 is 1.22 bits per heavy atom. The minimum absolute atomic E-state index is 0.00943. The molecular formula is C24H38O3. The first-order valence-corrected chi connectivity index (χ1v) is 11.4. The zero-order valence-corrected chi connectivity index (χ0v) is 17.4. The van der Waals surface area contributed by atoms with Gasteiger partial charge in [-0.2, -0.15) is 0 Å². The summed E-state index contributed by atoms with van der Waals surface area (Å²) < 4.78 is 0. The van der Waals surface area contributed by atoms with Gasteiger partial charge in [0, 0.05) is 11.8 Å². The minimum atomic E-state index is -0.658. The van der Waals surface area contributed by atoms with Gasteiger partial charge in [0.2, 0.25) is 0 Å². The molecule has 0 radical (unpaired) electrons. The number of hydrogen-bond acceptors (Lipinski definition) is 2. The van der Waals surface area contributed by atoms with Gasteiger partial charge in [-0.15, -0.1) is 0 Å². The molecule has 3 nitrogen and oxygen atoms in total. The third-order valence-electron chi connectivity index (χ3n) is 9.73. The molecule has 0 heterocycles. The Balaban J connectivity index is 1.57. The van der Waals surface area contributed by atoms with Gasteiger partial charge in [0.05, 0.1) is 6.10 Å². The van der Waals surface area contributed by atoms with Crippen molar-refractivity contribution in [2.24, 2.45) is 40.4 Å². The SMILES string of the molecule is C[C@H](CCC(=O)O)[C@H]1CC[C@H]2[C@@H]3CC=C4CCC[C@H](O)[C@]4(C)[C@H]3CC[C@]12C. The molecule has 4 rings (SSSR count). The molecule has 0 spiro atoms. The number of rotatable bonds is 4. The molecule has 0 aliphatic heterocycles. The quantitative estimate of drug-likeness (QED) is 0.645. The molecule has 2 N–H and O–H groups in total. The summed E-state index contributed by atoms with van der Waals surface area (Å²) in [6.45, 7) is 7.17. The van der Waals surface area contributed by atoms with E-state index in [0.717, 1.165) is 25.2 Å². The highest BCUT2D eigenvalue weighted by Gasteiger charge is 2.60. The number of hydrogen-bond donors (Lipinski definition) is 2. The van der Waals surface area contributed by atoms with E-state index in [-0.39, 0.29) is 11.5 Å². The van der Waals surface area contributed by atoms with Gasteiger partial charge in [-0.25, -0.2) is 0 Å². The summed E-state index contributed by atoms with van der Waals surface area (Å²) in [4.78, 5) is 11.0. The van der Waals surface area contributed by atoms with Gasteiger partial charge >= 0.3 is 5.97 Å². The standard InChI is InChI=1S/C24H38O3/c1-15(7-12-22(26)27)18-10-11-19-17-9-8-16-5-4-6-21(25)24(16,3)20(17)13-14-23(18,19)2/h8,15,17-21,25H,4-7,9-14H2,1-3H3,(H,26,27)/t15-,17+,18-,19+,20+,21+,23-,24+/m1/s1. The first-order valence-electron chi connectivity index (χ1n) is 11.4. The van der Waals surface area contributed by atoms with Crippen molar-refractivity contribution in [3.8, 4) is 0 Å². The zero-order valence-electron chi connectivity index (χ0n) is 17.4. The number of aliphatic hydroxyl groups excluding tert-OH is 1. The molecule has 0 bridgehead atoms. The number of fused-ring (bicyclic) bond motifs is 5. The van der Waals surface area contributed by atoms with E-state index in [0.29, 0.717) is 35.5 Å². The Labute approximate surface area is 164 Å². The van der Waals surface area contributed by atoms with Crippen LogP contribution in [0.5, 0.6) is 0 Å². The maximum absolute atomic E-state index is 11.0. The molecule has 3 heteroatoms. The highest BCUT2D eigenvalue weighted by atomic mass is 16.4. The highest BCUT2D eigenvalue weighted by molar-refractivity contribution is 5.66. The van der Waals surface area contributed by atoms with Crippen LogP contribution in [-0.4, -0.2) is 22.3 Å². The molecular weight excluding hydrogens is 336 g/mol. The summed E-state index contributed by atoms with van der Waals surface area (Å²) in [6, 6.07) is 0. The largest absolute Gasteiger partial charge is 0.481 e. The number of aliphatic hydroxyl groups is 1. The fourth-order valence-corrected chi connectivity index (χ4v) is 8.24. The Hall–Kier alpha value is -0.830. The van der Waals surface area contributed by atoms with Crippen molar-refractivity contribution in [3.05, 3.63) is 11.6 Å². The van der Waals surface area contributed by atoms with Crippen LogP contribution in [0.1, 0.15) is 85.0 Å². The van der Waals surface area contributed by atoms with Gasteiger partial charge in [-0.05, 0) is 92.8 Å². The average molecular weight is 375 g/mol. The van der Waals surface area contributed by atoms with Gasteiger partial charge in [0.15, 0.2) is 0 Å². The monoisotopic (exact) mass is 374 g/mol. The van der Waals surface area contributed by atoms with Crippen LogP contribution in [0.3, 0.4) is 0 Å². The molecule has 3 fully saturated rings. The first-order chi connectivity index (χ1) is 12.8. The van der Waals surface area contributed by atoms with Crippen LogP contribution >= 0.6 is 0 Å². The summed E-state index contributed by atoms with van der Waals surface area (Å²) in [5.74, 6) is 2.60. The summed E-state index contributed by atoms with van der Waals surface area (Å²) >= 11 is 0. The van der Waals surface area contributed by atoms with Crippen molar-refractivity contribution < 1.29 is 15.0 Å². The Bertz CT molecular complexity index is 625. The van der Waals surface area contributed by atoms with Gasteiger partial charge in [0.25, 0.3) is 0 Å². The van der Waals surface area contributed by atoms with Crippen LogP contribution in [-0.2, 0) is 4.79 Å². The first kappa shape index (κ1) is 19.5. The van der Waals surface area contributed by atoms with Crippen LogP contribution in [0.2, 0.25) is 0 Å². The lowest BCUT2D eigenvalue weighted by Gasteiger charge is -2.59. The Morgan fingerprint density at radius 3 is 2.74 bits per heavy atom. The topological polar surface area (TPSA) is 57.5 Å². The van der Waals surface area contributed by atoms with Crippen molar-refractivity contribution >= 4 is 5.97 Å². The second kappa shape index (κ2) is 6.90. The number of allylic oxidation sites excluding steroid dienone is 1. The number of carbonyl (C=O) groups is 1. The third-order valence-corrected chi connectivity index (χ3v) is 9.73. The molecule has 0 saturated heterocycles. The predicted octanol–water partition coefficient (Wildman–Crippen LogP) is 5.43.